The molecule has 2 aromatic carbocycles. The smallest absolute Gasteiger partial charge is 0.305 e. The van der Waals surface area contributed by atoms with Crippen LogP contribution in [0.5, 0.6) is 11.6 Å². The summed E-state index contributed by atoms with van der Waals surface area (Å²) < 4.78 is 32.9. The van der Waals surface area contributed by atoms with Crippen molar-refractivity contribution in [2.75, 3.05) is 7.11 Å². The van der Waals surface area contributed by atoms with Crippen molar-refractivity contribution >= 4 is 11.9 Å². The second-order valence-corrected chi connectivity index (χ2v) is 6.30. The van der Waals surface area contributed by atoms with Gasteiger partial charge in [-0.3, -0.25) is 9.59 Å². The number of benzene rings is 2. The molecule has 3 N–H and O–H groups in total. The zero-order valence-corrected chi connectivity index (χ0v) is 15.7. The molecule has 1 atom stereocenters. The fourth-order valence-corrected chi connectivity index (χ4v) is 2.83. The van der Waals surface area contributed by atoms with Crippen molar-refractivity contribution in [2.24, 2.45) is 0 Å². The van der Waals surface area contributed by atoms with Crippen molar-refractivity contribution in [2.45, 2.75) is 12.5 Å². The molecule has 3 aromatic rings. The molecule has 10 heteroatoms. The molecule has 1 heterocycles. The van der Waals surface area contributed by atoms with Crippen LogP contribution in [-0.2, 0) is 4.79 Å². The van der Waals surface area contributed by atoms with Crippen molar-refractivity contribution in [3.8, 4) is 17.3 Å². The Morgan fingerprint density at radius 1 is 1.20 bits per heavy atom. The van der Waals surface area contributed by atoms with Crippen molar-refractivity contribution in [3.63, 3.8) is 0 Å². The maximum atomic E-state index is 14.0. The standard InChI is InChI=1S/C20H17F2N3O5/c1-30-13-4-2-3-11(7-13)15(10-19(27)28)23-20(29)16-9-18(26)25(24-16)17-6-5-12(21)8-14(17)22/h2-9,15,26H,10H2,1H3,(H,23,29)(H,27,28)/t15-/m0/s1. The van der Waals surface area contributed by atoms with Gasteiger partial charge in [0, 0.05) is 12.1 Å². The number of carboxylic acids is 1. The summed E-state index contributed by atoms with van der Waals surface area (Å²) in [5.74, 6) is -3.81. The molecule has 0 aliphatic carbocycles. The van der Waals surface area contributed by atoms with Gasteiger partial charge in [-0.2, -0.15) is 9.78 Å². The highest BCUT2D eigenvalue weighted by Crippen LogP contribution is 2.24. The number of ether oxygens (including phenoxy) is 1. The maximum Gasteiger partial charge on any atom is 0.305 e. The second-order valence-electron chi connectivity index (χ2n) is 6.30. The number of hydrogen-bond donors (Lipinski definition) is 3. The monoisotopic (exact) mass is 417 g/mol. The first-order valence-electron chi connectivity index (χ1n) is 8.69. The number of carbonyl (C=O) groups excluding carboxylic acids is 1. The zero-order valence-electron chi connectivity index (χ0n) is 15.7. The average Bonchev–Trinajstić information content (AvgIpc) is 3.08. The lowest BCUT2D eigenvalue weighted by Gasteiger charge is -2.17. The summed E-state index contributed by atoms with van der Waals surface area (Å²) in [6.45, 7) is 0. The number of aromatic hydroxyl groups is 1. The van der Waals surface area contributed by atoms with Gasteiger partial charge in [-0.05, 0) is 29.8 Å². The number of aliphatic carboxylic acids is 1. The molecular formula is C20H17F2N3O5. The van der Waals surface area contributed by atoms with E-state index in [0.717, 1.165) is 22.9 Å². The Balaban J connectivity index is 1.88. The summed E-state index contributed by atoms with van der Waals surface area (Å²) >= 11 is 0. The number of rotatable bonds is 7. The number of hydrogen-bond acceptors (Lipinski definition) is 5. The summed E-state index contributed by atoms with van der Waals surface area (Å²) in [6, 6.07) is 9.24. The Labute approximate surface area is 169 Å². The number of carbonyl (C=O) groups is 2. The van der Waals surface area contributed by atoms with Crippen LogP contribution >= 0.6 is 0 Å². The number of nitrogens with one attached hydrogen (secondary N) is 1. The Morgan fingerprint density at radius 2 is 1.97 bits per heavy atom. The van der Waals surface area contributed by atoms with Gasteiger partial charge >= 0.3 is 5.97 Å². The van der Waals surface area contributed by atoms with Gasteiger partial charge in [0.2, 0.25) is 5.88 Å². The first kappa shape index (κ1) is 20.8. The third-order valence-corrected chi connectivity index (χ3v) is 4.24. The van der Waals surface area contributed by atoms with E-state index >= 15 is 0 Å². The van der Waals surface area contributed by atoms with E-state index in [2.05, 4.69) is 10.4 Å². The van der Waals surface area contributed by atoms with Crippen LogP contribution < -0.4 is 10.1 Å². The van der Waals surface area contributed by atoms with Crippen molar-refractivity contribution in [1.29, 1.82) is 0 Å². The van der Waals surface area contributed by atoms with Crippen LogP contribution in [0, 0.1) is 11.6 Å². The van der Waals surface area contributed by atoms with Gasteiger partial charge in [-0.25, -0.2) is 8.78 Å². The van der Waals surface area contributed by atoms with Gasteiger partial charge in [-0.1, -0.05) is 12.1 Å². The zero-order chi connectivity index (χ0) is 21.8. The minimum atomic E-state index is -1.15. The number of carboxylic acid groups (broad SMARTS) is 1. The molecule has 0 aliphatic heterocycles. The van der Waals surface area contributed by atoms with E-state index in [1.54, 1.807) is 24.3 Å². The molecule has 0 saturated heterocycles. The molecule has 0 radical (unpaired) electrons. The largest absolute Gasteiger partial charge is 0.497 e. The third kappa shape index (κ3) is 4.54. The molecule has 8 nitrogen and oxygen atoms in total. The minimum Gasteiger partial charge on any atom is -0.497 e. The fourth-order valence-electron chi connectivity index (χ4n) is 2.83. The molecule has 156 valence electrons. The normalized spacial score (nSPS) is 11.7. The fraction of sp³-hybridized carbons (Fsp3) is 0.150. The minimum absolute atomic E-state index is 0.261. The highest BCUT2D eigenvalue weighted by Gasteiger charge is 2.23. The van der Waals surface area contributed by atoms with Crippen molar-refractivity contribution < 1.29 is 33.3 Å². The van der Waals surface area contributed by atoms with Crippen molar-refractivity contribution in [1.82, 2.24) is 15.1 Å². The molecule has 1 aromatic heterocycles. The predicted octanol–water partition coefficient (Wildman–Crippen LogP) is 2.81. The van der Waals surface area contributed by atoms with E-state index in [1.165, 1.54) is 7.11 Å². The highest BCUT2D eigenvalue weighted by atomic mass is 19.1. The molecule has 1 amide bonds. The maximum absolute atomic E-state index is 14.0. The van der Waals surface area contributed by atoms with Gasteiger partial charge < -0.3 is 20.3 Å². The van der Waals surface area contributed by atoms with Crippen LogP contribution in [0.25, 0.3) is 5.69 Å². The molecule has 3 rings (SSSR count). The third-order valence-electron chi connectivity index (χ3n) is 4.24. The van der Waals surface area contributed by atoms with Crippen LogP contribution in [0.3, 0.4) is 0 Å². The van der Waals surface area contributed by atoms with E-state index in [-0.39, 0.29) is 11.4 Å². The lowest BCUT2D eigenvalue weighted by molar-refractivity contribution is -0.137. The molecule has 30 heavy (non-hydrogen) atoms. The SMILES string of the molecule is COc1cccc([C@H](CC(=O)O)NC(=O)c2cc(O)n(-c3ccc(F)cc3F)n2)c1. The molecule has 0 spiro atoms. The predicted molar refractivity (Wildman–Crippen MR) is 101 cm³/mol. The number of nitrogens with zero attached hydrogens (tertiary/aromatic N) is 2. The molecule has 0 fully saturated rings. The molecule has 0 bridgehead atoms. The summed E-state index contributed by atoms with van der Waals surface area (Å²) in [5, 5.41) is 25.6. The van der Waals surface area contributed by atoms with Crippen LogP contribution in [0.1, 0.15) is 28.5 Å². The van der Waals surface area contributed by atoms with Gasteiger partial charge in [0.1, 0.15) is 17.3 Å². The topological polar surface area (TPSA) is 114 Å². The van der Waals surface area contributed by atoms with Gasteiger partial charge in [-0.15, -0.1) is 0 Å². The van der Waals surface area contributed by atoms with Crippen molar-refractivity contribution in [3.05, 3.63) is 71.4 Å². The highest BCUT2D eigenvalue weighted by molar-refractivity contribution is 5.93. The van der Waals surface area contributed by atoms with E-state index in [0.29, 0.717) is 17.4 Å². The molecule has 0 aliphatic rings. The van der Waals surface area contributed by atoms with Crippen LogP contribution in [-0.4, -0.2) is 39.0 Å². The summed E-state index contributed by atoms with van der Waals surface area (Å²) in [4.78, 5) is 23.9. The quantitative estimate of drug-likeness (QED) is 0.545. The van der Waals surface area contributed by atoms with Gasteiger partial charge in [0.05, 0.1) is 19.6 Å². The number of aromatic nitrogens is 2. The van der Waals surface area contributed by atoms with E-state index in [4.69, 9.17) is 4.74 Å². The summed E-state index contributed by atoms with van der Waals surface area (Å²) in [6.07, 6.45) is -0.418. The summed E-state index contributed by atoms with van der Waals surface area (Å²) in [5.41, 5.74) is -0.0596. The Kier molecular flexibility index (Phi) is 5.95. The van der Waals surface area contributed by atoms with Crippen LogP contribution in [0.15, 0.2) is 48.5 Å². The molecular weight excluding hydrogens is 400 g/mol. The molecule has 0 unspecified atom stereocenters. The summed E-state index contributed by atoms with van der Waals surface area (Å²) in [7, 11) is 1.45. The Morgan fingerprint density at radius 3 is 2.63 bits per heavy atom. The number of amides is 1. The van der Waals surface area contributed by atoms with Crippen LogP contribution in [0.2, 0.25) is 0 Å². The first-order chi connectivity index (χ1) is 14.3. The van der Waals surface area contributed by atoms with E-state index in [1.807, 2.05) is 0 Å². The van der Waals surface area contributed by atoms with E-state index in [9.17, 15) is 28.6 Å². The molecule has 0 saturated carbocycles. The Hall–Kier alpha value is -3.95. The lowest BCUT2D eigenvalue weighted by Crippen LogP contribution is -2.30. The van der Waals surface area contributed by atoms with E-state index < -0.39 is 41.9 Å². The average molecular weight is 417 g/mol. The number of halogens is 2. The first-order valence-corrected chi connectivity index (χ1v) is 8.69. The van der Waals surface area contributed by atoms with Gasteiger partial charge in [0.25, 0.3) is 5.91 Å². The van der Waals surface area contributed by atoms with Gasteiger partial charge in [0.15, 0.2) is 11.5 Å². The van der Waals surface area contributed by atoms with Crippen LogP contribution in [0.4, 0.5) is 8.78 Å². The second kappa shape index (κ2) is 8.60. The Bertz CT molecular complexity index is 1100. The number of methoxy groups -OCH3 is 1. The lowest BCUT2D eigenvalue weighted by atomic mass is 10.0.